The molecule has 0 amide bonds. The fourth-order valence-electron chi connectivity index (χ4n) is 10.7. The number of rotatable bonds is 18. The molecule has 3 fully saturated rings. The van der Waals surface area contributed by atoms with Crippen molar-refractivity contribution < 1.29 is 19.1 Å². The van der Waals surface area contributed by atoms with Crippen LogP contribution in [-0.4, -0.2) is 24.6 Å². The van der Waals surface area contributed by atoms with Gasteiger partial charge in [0.25, 0.3) is 0 Å². The van der Waals surface area contributed by atoms with Crippen LogP contribution in [0, 0.1) is 46.3 Å². The fourth-order valence-corrected chi connectivity index (χ4v) is 10.7. The Hall–Kier alpha value is -1.58. The van der Waals surface area contributed by atoms with E-state index in [1.165, 1.54) is 89.5 Å². The van der Waals surface area contributed by atoms with Crippen molar-refractivity contribution in [3.05, 3.63) is 24.3 Å². The number of fused-ring (bicyclic) bond motifs is 5. The van der Waals surface area contributed by atoms with Gasteiger partial charge < -0.3 is 9.47 Å². The molecule has 0 aromatic heterocycles. The standard InChI is InChI=1S/C41H68O4/c1-7-38(42)44-28-15-13-11-9-8-10-12-14-19-39(43)45-33-24-26-40(5)32(29-33)20-21-34-36-23-22-35(31(4)18-16-17-30(2)3)41(36,6)27-25-37(34)40/h7,20,30-31,33-37H,1,8-19,21-29H2,2-6H3. The van der Waals surface area contributed by atoms with E-state index in [1.54, 1.807) is 5.57 Å². The minimum absolute atomic E-state index is 0.0138. The molecule has 4 aliphatic carbocycles. The van der Waals surface area contributed by atoms with Gasteiger partial charge in [0, 0.05) is 18.9 Å². The van der Waals surface area contributed by atoms with Crippen molar-refractivity contribution in [3.8, 4) is 0 Å². The van der Waals surface area contributed by atoms with E-state index < -0.39 is 0 Å². The second-order valence-corrected chi connectivity index (χ2v) is 16.6. The molecule has 0 spiro atoms. The molecule has 0 bridgehead atoms. The topological polar surface area (TPSA) is 52.6 Å². The molecular weight excluding hydrogens is 556 g/mol. The van der Waals surface area contributed by atoms with Gasteiger partial charge in [-0.3, -0.25) is 4.79 Å². The fraction of sp³-hybridized carbons (Fsp3) is 0.854. The van der Waals surface area contributed by atoms with Crippen LogP contribution in [0.3, 0.4) is 0 Å². The molecule has 45 heavy (non-hydrogen) atoms. The molecule has 4 heteroatoms. The van der Waals surface area contributed by atoms with Crippen molar-refractivity contribution >= 4 is 11.9 Å². The van der Waals surface area contributed by atoms with Crippen molar-refractivity contribution in [2.45, 2.75) is 169 Å². The summed E-state index contributed by atoms with van der Waals surface area (Å²) in [6.45, 7) is 16.5. The maximum Gasteiger partial charge on any atom is 0.330 e. The predicted octanol–water partition coefficient (Wildman–Crippen LogP) is 11.2. The number of hydrogen-bond acceptors (Lipinski definition) is 4. The Morgan fingerprint density at radius 2 is 1.60 bits per heavy atom. The lowest BCUT2D eigenvalue weighted by atomic mass is 9.47. The Labute approximate surface area is 276 Å². The molecule has 0 aromatic rings. The van der Waals surface area contributed by atoms with Gasteiger partial charge in [-0.2, -0.15) is 0 Å². The van der Waals surface area contributed by atoms with E-state index in [0.717, 1.165) is 74.0 Å². The maximum absolute atomic E-state index is 12.7. The van der Waals surface area contributed by atoms with Crippen LogP contribution in [0.5, 0.6) is 0 Å². The van der Waals surface area contributed by atoms with Gasteiger partial charge in [0.1, 0.15) is 6.10 Å². The van der Waals surface area contributed by atoms with Crippen LogP contribution < -0.4 is 0 Å². The molecule has 0 aliphatic heterocycles. The lowest BCUT2D eigenvalue weighted by Gasteiger charge is -2.58. The third kappa shape index (κ3) is 9.28. The van der Waals surface area contributed by atoms with Crippen LogP contribution in [0.15, 0.2) is 24.3 Å². The summed E-state index contributed by atoms with van der Waals surface area (Å²) in [6, 6.07) is 0. The summed E-state index contributed by atoms with van der Waals surface area (Å²) in [5.41, 5.74) is 2.47. The van der Waals surface area contributed by atoms with Crippen LogP contribution in [-0.2, 0) is 19.1 Å². The molecule has 4 nitrogen and oxygen atoms in total. The summed E-state index contributed by atoms with van der Waals surface area (Å²) in [4.78, 5) is 23.8. The molecule has 4 rings (SSSR count). The smallest absolute Gasteiger partial charge is 0.330 e. The van der Waals surface area contributed by atoms with Crippen LogP contribution >= 0.6 is 0 Å². The zero-order chi connectivity index (χ0) is 32.5. The van der Waals surface area contributed by atoms with Gasteiger partial charge >= 0.3 is 11.9 Å². The van der Waals surface area contributed by atoms with Gasteiger partial charge in [0.15, 0.2) is 0 Å². The van der Waals surface area contributed by atoms with Gasteiger partial charge in [-0.05, 0) is 104 Å². The second kappa shape index (κ2) is 17.0. The zero-order valence-electron chi connectivity index (χ0n) is 29.9. The SMILES string of the molecule is C=CC(=O)OCCCCCCCCCCC(=O)OC1CCC2(C)C(=CCC3C2CCC2(C)C(C(C)CCCC(C)C)CCC32)C1. The quantitative estimate of drug-likeness (QED) is 0.0659. The number of carbonyl (C=O) groups is 2. The summed E-state index contributed by atoms with van der Waals surface area (Å²) < 4.78 is 11.1. The van der Waals surface area contributed by atoms with Crippen molar-refractivity contribution in [1.29, 1.82) is 0 Å². The first kappa shape index (κ1) is 36.3. The number of carbonyl (C=O) groups excluding carboxylic acids is 2. The average molecular weight is 625 g/mol. The van der Waals surface area contributed by atoms with Gasteiger partial charge in [-0.1, -0.05) is 111 Å². The Balaban J connectivity index is 1.15. The minimum atomic E-state index is -0.332. The average Bonchev–Trinajstić information content (AvgIpc) is 3.37. The normalized spacial score (nSPS) is 33.0. The Kier molecular flexibility index (Phi) is 13.7. The molecule has 3 saturated carbocycles. The molecule has 0 radical (unpaired) electrons. The van der Waals surface area contributed by atoms with Crippen LogP contribution in [0.1, 0.15) is 163 Å². The first-order valence-corrected chi connectivity index (χ1v) is 19.3. The second-order valence-electron chi connectivity index (χ2n) is 16.6. The highest BCUT2D eigenvalue weighted by Gasteiger charge is 2.59. The van der Waals surface area contributed by atoms with E-state index in [1.807, 2.05) is 0 Å². The molecule has 0 aromatic carbocycles. The molecule has 256 valence electrons. The van der Waals surface area contributed by atoms with Gasteiger partial charge in [0.2, 0.25) is 0 Å². The Morgan fingerprint density at radius 1 is 0.889 bits per heavy atom. The van der Waals surface area contributed by atoms with Crippen molar-refractivity contribution in [3.63, 3.8) is 0 Å². The summed E-state index contributed by atoms with van der Waals surface area (Å²) in [5, 5.41) is 0. The van der Waals surface area contributed by atoms with Crippen LogP contribution in [0.25, 0.3) is 0 Å². The highest BCUT2D eigenvalue weighted by atomic mass is 16.5. The van der Waals surface area contributed by atoms with Gasteiger partial charge in [-0.25, -0.2) is 4.79 Å². The van der Waals surface area contributed by atoms with E-state index in [4.69, 9.17) is 9.47 Å². The number of ether oxygens (including phenoxy) is 2. The first-order chi connectivity index (χ1) is 21.6. The highest BCUT2D eigenvalue weighted by Crippen LogP contribution is 2.67. The van der Waals surface area contributed by atoms with E-state index in [0.29, 0.717) is 23.9 Å². The molecule has 8 atom stereocenters. The lowest BCUT2D eigenvalue weighted by molar-refractivity contribution is -0.151. The molecule has 0 N–H and O–H groups in total. The minimum Gasteiger partial charge on any atom is -0.463 e. The van der Waals surface area contributed by atoms with Crippen molar-refractivity contribution in [2.24, 2.45) is 46.3 Å². The summed E-state index contributed by atoms with van der Waals surface area (Å²) in [5.74, 6) is 4.85. The number of esters is 2. The zero-order valence-corrected chi connectivity index (χ0v) is 29.9. The van der Waals surface area contributed by atoms with E-state index in [2.05, 4.69) is 47.3 Å². The van der Waals surface area contributed by atoms with E-state index in [-0.39, 0.29) is 18.0 Å². The summed E-state index contributed by atoms with van der Waals surface area (Å²) in [7, 11) is 0. The van der Waals surface area contributed by atoms with E-state index >= 15 is 0 Å². The van der Waals surface area contributed by atoms with E-state index in [9.17, 15) is 9.59 Å². The van der Waals surface area contributed by atoms with Crippen LogP contribution in [0.4, 0.5) is 0 Å². The number of hydrogen-bond donors (Lipinski definition) is 0. The predicted molar refractivity (Wildman–Crippen MR) is 186 cm³/mol. The Bertz CT molecular complexity index is 997. The third-order valence-electron chi connectivity index (χ3n) is 13.2. The van der Waals surface area contributed by atoms with Crippen LogP contribution in [0.2, 0.25) is 0 Å². The van der Waals surface area contributed by atoms with Crippen molar-refractivity contribution in [1.82, 2.24) is 0 Å². The lowest BCUT2D eigenvalue weighted by Crippen LogP contribution is -2.51. The number of unbranched alkanes of at least 4 members (excludes halogenated alkanes) is 7. The molecule has 8 unspecified atom stereocenters. The van der Waals surface area contributed by atoms with Crippen molar-refractivity contribution in [2.75, 3.05) is 6.61 Å². The monoisotopic (exact) mass is 625 g/mol. The molecular formula is C41H68O4. The molecule has 0 heterocycles. The number of allylic oxidation sites excluding steroid dienone is 1. The van der Waals surface area contributed by atoms with Gasteiger partial charge in [0.05, 0.1) is 6.61 Å². The maximum atomic E-state index is 12.7. The first-order valence-electron chi connectivity index (χ1n) is 19.3. The largest absolute Gasteiger partial charge is 0.463 e. The molecule has 4 aliphatic rings. The summed E-state index contributed by atoms with van der Waals surface area (Å²) >= 11 is 0. The van der Waals surface area contributed by atoms with Gasteiger partial charge in [-0.15, -0.1) is 0 Å². The Morgan fingerprint density at radius 3 is 2.31 bits per heavy atom. The molecule has 0 saturated heterocycles. The highest BCUT2D eigenvalue weighted by molar-refractivity contribution is 5.81. The third-order valence-corrected chi connectivity index (χ3v) is 13.2. The summed E-state index contributed by atoms with van der Waals surface area (Å²) in [6.07, 6.45) is 27.6.